The van der Waals surface area contributed by atoms with Crippen molar-refractivity contribution in [2.24, 2.45) is 0 Å². The van der Waals surface area contributed by atoms with Crippen LogP contribution in [0.15, 0.2) is 24.7 Å². The van der Waals surface area contributed by atoms with Gasteiger partial charge in [-0.2, -0.15) is 9.97 Å². The van der Waals surface area contributed by atoms with Crippen molar-refractivity contribution in [3.05, 3.63) is 35.4 Å². The monoisotopic (exact) mass is 304 g/mol. The normalized spacial score (nSPS) is 11.0. The highest BCUT2D eigenvalue weighted by Crippen LogP contribution is 2.20. The molecule has 0 atom stereocenters. The maximum absolute atomic E-state index is 5.89. The van der Waals surface area contributed by atoms with Gasteiger partial charge in [-0.05, 0) is 24.6 Å². The van der Waals surface area contributed by atoms with Gasteiger partial charge in [0.25, 0.3) is 0 Å². The van der Waals surface area contributed by atoms with Crippen LogP contribution in [0.25, 0.3) is 11.2 Å². The van der Waals surface area contributed by atoms with Crippen LogP contribution in [-0.2, 0) is 6.54 Å². The van der Waals surface area contributed by atoms with E-state index in [0.717, 1.165) is 5.56 Å². The number of rotatable bonds is 4. The molecule has 3 aromatic rings. The number of aromatic nitrogens is 5. The van der Waals surface area contributed by atoms with Gasteiger partial charge in [-0.15, -0.1) is 0 Å². The maximum atomic E-state index is 5.89. The molecule has 0 unspecified atom stereocenters. The number of ether oxygens (including phenoxy) is 1. The van der Waals surface area contributed by atoms with Gasteiger partial charge in [-0.3, -0.25) is 0 Å². The summed E-state index contributed by atoms with van der Waals surface area (Å²) in [6, 6.07) is 3.92. The third-order valence-electron chi connectivity index (χ3n) is 2.89. The molecule has 3 aromatic heterocycles. The first kappa shape index (κ1) is 13.6. The standard InChI is InChI=1S/C13H13ClN6O/c1-2-21-13-18-11(15)10-12(19-13)20(7-17-10)6-8-3-4-16-9(14)5-8/h3-5,7H,2,6H2,1H3,(H2,15,18,19). The van der Waals surface area contributed by atoms with Crippen LogP contribution in [0.5, 0.6) is 6.01 Å². The molecule has 108 valence electrons. The Morgan fingerprint density at radius 3 is 2.95 bits per heavy atom. The molecule has 7 nitrogen and oxygen atoms in total. The summed E-state index contributed by atoms with van der Waals surface area (Å²) in [6.45, 7) is 2.89. The fourth-order valence-corrected chi connectivity index (χ4v) is 2.19. The Morgan fingerprint density at radius 1 is 1.33 bits per heavy atom. The zero-order valence-corrected chi connectivity index (χ0v) is 12.1. The average Bonchev–Trinajstić information content (AvgIpc) is 2.83. The number of pyridine rings is 1. The number of hydrogen-bond donors (Lipinski definition) is 1. The van der Waals surface area contributed by atoms with Crippen LogP contribution in [0.2, 0.25) is 5.15 Å². The molecule has 0 bridgehead atoms. The number of anilines is 1. The van der Waals surface area contributed by atoms with Crippen LogP contribution in [-0.4, -0.2) is 31.1 Å². The molecular formula is C13H13ClN6O. The summed E-state index contributed by atoms with van der Waals surface area (Å²) in [6.07, 6.45) is 3.32. The summed E-state index contributed by atoms with van der Waals surface area (Å²) in [7, 11) is 0. The minimum absolute atomic E-state index is 0.247. The third kappa shape index (κ3) is 2.73. The molecule has 3 rings (SSSR count). The summed E-state index contributed by atoms with van der Waals surface area (Å²) in [5.74, 6) is 0.301. The Labute approximate surface area is 125 Å². The van der Waals surface area contributed by atoms with Crippen LogP contribution in [0, 0.1) is 0 Å². The largest absolute Gasteiger partial charge is 0.464 e. The number of fused-ring (bicyclic) bond motifs is 1. The van der Waals surface area contributed by atoms with Gasteiger partial charge in [0.15, 0.2) is 17.0 Å². The summed E-state index contributed by atoms with van der Waals surface area (Å²) < 4.78 is 7.18. The summed E-state index contributed by atoms with van der Waals surface area (Å²) in [4.78, 5) is 16.6. The van der Waals surface area contributed by atoms with E-state index in [0.29, 0.717) is 35.3 Å². The molecule has 3 heterocycles. The maximum Gasteiger partial charge on any atom is 0.320 e. The third-order valence-corrected chi connectivity index (χ3v) is 3.09. The fraction of sp³-hybridized carbons (Fsp3) is 0.231. The molecule has 0 aliphatic rings. The highest BCUT2D eigenvalue weighted by atomic mass is 35.5. The molecule has 0 aliphatic carbocycles. The molecule has 0 amide bonds. The second-order valence-electron chi connectivity index (χ2n) is 4.36. The topological polar surface area (TPSA) is 91.7 Å². The summed E-state index contributed by atoms with van der Waals surface area (Å²) in [5, 5.41) is 0.445. The van der Waals surface area contributed by atoms with Gasteiger partial charge in [0.1, 0.15) is 5.15 Å². The van der Waals surface area contributed by atoms with Crippen molar-refractivity contribution in [1.82, 2.24) is 24.5 Å². The van der Waals surface area contributed by atoms with Crippen molar-refractivity contribution in [3.63, 3.8) is 0 Å². The Morgan fingerprint density at radius 2 is 2.19 bits per heavy atom. The first-order valence-electron chi connectivity index (χ1n) is 6.39. The quantitative estimate of drug-likeness (QED) is 0.740. The lowest BCUT2D eigenvalue weighted by molar-refractivity contribution is 0.314. The average molecular weight is 305 g/mol. The van der Waals surface area contributed by atoms with E-state index in [1.165, 1.54) is 0 Å². The Balaban J connectivity index is 2.02. The summed E-state index contributed by atoms with van der Waals surface area (Å²) >= 11 is 5.89. The predicted molar refractivity (Wildman–Crippen MR) is 79.3 cm³/mol. The lowest BCUT2D eigenvalue weighted by Crippen LogP contribution is -2.04. The van der Waals surface area contributed by atoms with Crippen LogP contribution < -0.4 is 10.5 Å². The molecule has 0 radical (unpaired) electrons. The van der Waals surface area contributed by atoms with Crippen molar-refractivity contribution >= 4 is 28.6 Å². The van der Waals surface area contributed by atoms with Gasteiger partial charge in [0.05, 0.1) is 19.5 Å². The number of nitrogens with two attached hydrogens (primary N) is 1. The number of hydrogen-bond acceptors (Lipinski definition) is 6. The SMILES string of the molecule is CCOc1nc(N)c2ncn(Cc3ccnc(Cl)c3)c2n1. The highest BCUT2D eigenvalue weighted by Gasteiger charge is 2.12. The van der Waals surface area contributed by atoms with Crippen molar-refractivity contribution in [2.75, 3.05) is 12.3 Å². The van der Waals surface area contributed by atoms with Crippen LogP contribution in [0.3, 0.4) is 0 Å². The van der Waals surface area contributed by atoms with Crippen molar-refractivity contribution in [2.45, 2.75) is 13.5 Å². The predicted octanol–water partition coefficient (Wildman–Crippen LogP) is 1.90. The molecule has 0 aliphatic heterocycles. The number of nitrogens with zero attached hydrogens (tertiary/aromatic N) is 5. The lowest BCUT2D eigenvalue weighted by atomic mass is 10.3. The van der Waals surface area contributed by atoms with Gasteiger partial charge < -0.3 is 15.0 Å². The van der Waals surface area contributed by atoms with Crippen LogP contribution in [0.4, 0.5) is 5.82 Å². The number of imidazole rings is 1. The summed E-state index contributed by atoms with van der Waals surface area (Å²) in [5.41, 5.74) is 8.05. The van der Waals surface area contributed by atoms with Gasteiger partial charge in [-0.1, -0.05) is 11.6 Å². The molecule has 0 aromatic carbocycles. The number of nitrogen functional groups attached to an aromatic ring is 1. The second kappa shape index (κ2) is 5.53. The Bertz CT molecular complexity index is 787. The van der Waals surface area contributed by atoms with Gasteiger partial charge in [-0.25, -0.2) is 9.97 Å². The molecular weight excluding hydrogens is 292 g/mol. The molecule has 0 spiro atoms. The first-order valence-corrected chi connectivity index (χ1v) is 6.76. The van der Waals surface area contributed by atoms with E-state index in [1.807, 2.05) is 17.6 Å². The molecule has 0 saturated heterocycles. The smallest absolute Gasteiger partial charge is 0.320 e. The van der Waals surface area contributed by atoms with Gasteiger partial charge in [0, 0.05) is 6.20 Å². The number of halogens is 1. The van der Waals surface area contributed by atoms with E-state index in [2.05, 4.69) is 19.9 Å². The molecule has 0 fully saturated rings. The van der Waals surface area contributed by atoms with Gasteiger partial charge in [0.2, 0.25) is 0 Å². The molecule has 0 saturated carbocycles. The van der Waals surface area contributed by atoms with E-state index < -0.39 is 0 Å². The molecule has 21 heavy (non-hydrogen) atoms. The zero-order valence-electron chi connectivity index (χ0n) is 11.3. The molecule has 8 heteroatoms. The van der Waals surface area contributed by atoms with E-state index in [4.69, 9.17) is 22.1 Å². The van der Waals surface area contributed by atoms with Crippen LogP contribution >= 0.6 is 11.6 Å². The van der Waals surface area contributed by atoms with Crippen molar-refractivity contribution in [1.29, 1.82) is 0 Å². The Hall–Kier alpha value is -2.41. The van der Waals surface area contributed by atoms with Crippen LogP contribution in [0.1, 0.15) is 12.5 Å². The van der Waals surface area contributed by atoms with E-state index in [-0.39, 0.29) is 6.01 Å². The second-order valence-corrected chi connectivity index (χ2v) is 4.74. The zero-order chi connectivity index (χ0) is 14.8. The fourth-order valence-electron chi connectivity index (χ4n) is 1.99. The highest BCUT2D eigenvalue weighted by molar-refractivity contribution is 6.29. The van der Waals surface area contributed by atoms with Crippen molar-refractivity contribution < 1.29 is 4.74 Å². The molecule has 2 N–H and O–H groups in total. The van der Waals surface area contributed by atoms with E-state index >= 15 is 0 Å². The minimum Gasteiger partial charge on any atom is -0.464 e. The minimum atomic E-state index is 0.247. The van der Waals surface area contributed by atoms with Gasteiger partial charge >= 0.3 is 6.01 Å². The van der Waals surface area contributed by atoms with E-state index in [9.17, 15) is 0 Å². The Kier molecular flexibility index (Phi) is 3.57. The first-order chi connectivity index (χ1) is 10.2. The van der Waals surface area contributed by atoms with Crippen molar-refractivity contribution in [3.8, 4) is 6.01 Å². The van der Waals surface area contributed by atoms with E-state index in [1.54, 1.807) is 18.6 Å². The lowest BCUT2D eigenvalue weighted by Gasteiger charge is -2.06.